The van der Waals surface area contributed by atoms with E-state index in [1.54, 1.807) is 7.11 Å². The third kappa shape index (κ3) is 6.05. The Morgan fingerprint density at radius 1 is 1.00 bits per heavy atom. The molecule has 4 aromatic carbocycles. The van der Waals surface area contributed by atoms with Crippen molar-refractivity contribution in [1.29, 1.82) is 0 Å². The van der Waals surface area contributed by atoms with Gasteiger partial charge in [0, 0.05) is 5.69 Å². The lowest BCUT2D eigenvalue weighted by molar-refractivity contribution is -0.116. The average Bonchev–Trinajstić information content (AvgIpc) is 3.26. The highest BCUT2D eigenvalue weighted by Crippen LogP contribution is 2.37. The summed E-state index contributed by atoms with van der Waals surface area (Å²) in [5.41, 5.74) is 3.99. The van der Waals surface area contributed by atoms with Crippen molar-refractivity contribution in [3.05, 3.63) is 104 Å². The Morgan fingerprint density at radius 3 is 2.51 bits per heavy atom. The summed E-state index contributed by atoms with van der Waals surface area (Å²) in [5, 5.41) is 8.75. The van der Waals surface area contributed by atoms with Crippen molar-refractivity contribution in [2.24, 2.45) is 0 Å². The molecule has 1 fully saturated rings. The van der Waals surface area contributed by atoms with Gasteiger partial charge >= 0.3 is 0 Å². The number of thioether (sulfide) groups is 1. The Balaban J connectivity index is 1.29. The number of aryl methyl sites for hydroxylation is 1. The van der Waals surface area contributed by atoms with Crippen molar-refractivity contribution in [1.82, 2.24) is 5.32 Å². The Hall–Kier alpha value is -3.17. The molecule has 1 saturated heterocycles. The van der Waals surface area contributed by atoms with Gasteiger partial charge in [-0.25, -0.2) is 0 Å². The molecule has 188 valence electrons. The summed E-state index contributed by atoms with van der Waals surface area (Å²) in [6.45, 7) is 2.56. The Morgan fingerprint density at radius 2 is 1.76 bits per heavy atom. The van der Waals surface area contributed by atoms with Gasteiger partial charge in [0.15, 0.2) is 17.0 Å². The maximum Gasteiger partial charge on any atom is 0.260 e. The van der Waals surface area contributed by atoms with Crippen LogP contribution in [0.15, 0.2) is 83.8 Å². The van der Waals surface area contributed by atoms with Crippen molar-refractivity contribution in [3.8, 4) is 11.5 Å². The zero-order valence-electron chi connectivity index (χ0n) is 20.6. The van der Waals surface area contributed by atoms with Gasteiger partial charge in [-0.3, -0.25) is 4.79 Å². The number of nitrogens with one attached hydrogen (secondary N) is 2. The zero-order chi connectivity index (χ0) is 25.8. The maximum absolute atomic E-state index is 12.6. The van der Waals surface area contributed by atoms with E-state index in [0.717, 1.165) is 26.8 Å². The molecule has 1 aliphatic heterocycles. The Kier molecular flexibility index (Phi) is 7.90. The monoisotopic (exact) mass is 622 g/mol. The molecule has 5 rings (SSSR count). The molecule has 1 heterocycles. The summed E-state index contributed by atoms with van der Waals surface area (Å²) in [4.78, 5) is 13.3. The predicted molar refractivity (Wildman–Crippen MR) is 161 cm³/mol. The summed E-state index contributed by atoms with van der Waals surface area (Å²) in [7, 11) is 1.63. The number of carbonyl (C=O) groups excluding carboxylic acids is 1. The first-order valence-electron chi connectivity index (χ1n) is 12.0. The summed E-state index contributed by atoms with van der Waals surface area (Å²) >= 11 is 3.72. The highest BCUT2D eigenvalue weighted by Gasteiger charge is 2.27. The van der Waals surface area contributed by atoms with E-state index in [9.17, 15) is 4.79 Å². The summed E-state index contributed by atoms with van der Waals surface area (Å²) < 4.78 is 12.8. The largest absolute Gasteiger partial charge is 0.493 e. The van der Waals surface area contributed by atoms with Crippen LogP contribution in [0.25, 0.3) is 16.8 Å². The number of hydrogen-bond donors (Lipinski definition) is 2. The van der Waals surface area contributed by atoms with Crippen LogP contribution in [0.5, 0.6) is 11.5 Å². The molecule has 1 aliphatic rings. The molecule has 0 bridgehead atoms. The van der Waals surface area contributed by atoms with Crippen molar-refractivity contribution in [3.63, 3.8) is 0 Å². The fourth-order valence-corrected chi connectivity index (χ4v) is 5.92. The predicted octanol–water partition coefficient (Wildman–Crippen LogP) is 7.19. The van der Waals surface area contributed by atoms with Crippen LogP contribution in [-0.2, 0) is 17.8 Å². The van der Waals surface area contributed by atoms with Gasteiger partial charge in [-0.1, -0.05) is 67.2 Å². The van der Waals surface area contributed by atoms with Crippen molar-refractivity contribution < 1.29 is 14.3 Å². The van der Waals surface area contributed by atoms with E-state index in [4.69, 9.17) is 9.47 Å². The highest BCUT2D eigenvalue weighted by atomic mass is 127. The van der Waals surface area contributed by atoms with Crippen LogP contribution in [0.3, 0.4) is 0 Å². The third-order valence-electron chi connectivity index (χ3n) is 6.14. The Bertz CT molecular complexity index is 1470. The molecule has 37 heavy (non-hydrogen) atoms. The van der Waals surface area contributed by atoms with E-state index >= 15 is 0 Å². The van der Waals surface area contributed by atoms with Crippen LogP contribution >= 0.6 is 34.4 Å². The van der Waals surface area contributed by atoms with Gasteiger partial charge in [0.25, 0.3) is 5.91 Å². The molecule has 7 heteroatoms. The van der Waals surface area contributed by atoms with E-state index < -0.39 is 0 Å². The number of ether oxygens (including phenoxy) is 2. The topological polar surface area (TPSA) is 59.6 Å². The molecule has 0 unspecified atom stereocenters. The minimum absolute atomic E-state index is 0.0988. The minimum Gasteiger partial charge on any atom is -0.493 e. The summed E-state index contributed by atoms with van der Waals surface area (Å²) in [6, 6.07) is 26.8. The molecule has 1 amide bonds. The summed E-state index contributed by atoms with van der Waals surface area (Å²) in [5.74, 6) is 1.23. The second kappa shape index (κ2) is 11.5. The molecule has 0 aromatic heterocycles. The van der Waals surface area contributed by atoms with Crippen LogP contribution in [0.2, 0.25) is 0 Å². The first-order valence-corrected chi connectivity index (χ1v) is 14.0. The third-order valence-corrected chi connectivity index (χ3v) is 7.97. The fraction of sp³-hybridized carbons (Fsp3) is 0.167. The number of fused-ring (bicyclic) bond motifs is 1. The van der Waals surface area contributed by atoms with E-state index in [-0.39, 0.29) is 11.4 Å². The van der Waals surface area contributed by atoms with Crippen LogP contribution < -0.4 is 20.1 Å². The van der Waals surface area contributed by atoms with Gasteiger partial charge in [-0.05, 0) is 92.9 Å². The lowest BCUT2D eigenvalue weighted by atomic mass is 10.1. The fourth-order valence-electron chi connectivity index (χ4n) is 4.15. The molecular formula is C30H27IN2O3S. The number of rotatable bonds is 8. The minimum atomic E-state index is -0.225. The van der Waals surface area contributed by atoms with Crippen LogP contribution in [0.4, 0.5) is 5.69 Å². The summed E-state index contributed by atoms with van der Waals surface area (Å²) in [6.07, 6.45) is 2.89. The van der Waals surface area contributed by atoms with E-state index in [0.29, 0.717) is 23.0 Å². The van der Waals surface area contributed by atoms with Gasteiger partial charge in [0.2, 0.25) is 0 Å². The molecule has 5 nitrogen and oxygen atoms in total. The second-order valence-electron chi connectivity index (χ2n) is 8.68. The quantitative estimate of drug-likeness (QED) is 0.161. The van der Waals surface area contributed by atoms with E-state index in [1.165, 1.54) is 28.1 Å². The van der Waals surface area contributed by atoms with Crippen LogP contribution in [-0.4, -0.2) is 18.5 Å². The molecule has 1 atom stereocenters. The first-order chi connectivity index (χ1) is 18.0. The van der Waals surface area contributed by atoms with Crippen molar-refractivity contribution >= 4 is 62.8 Å². The maximum atomic E-state index is 12.6. The van der Waals surface area contributed by atoms with Gasteiger partial charge < -0.3 is 20.1 Å². The van der Waals surface area contributed by atoms with Gasteiger partial charge in [-0.15, -0.1) is 0 Å². The van der Waals surface area contributed by atoms with E-state index in [1.807, 2.05) is 42.5 Å². The Labute approximate surface area is 234 Å². The molecule has 0 saturated carbocycles. The highest BCUT2D eigenvalue weighted by molar-refractivity contribution is 14.1. The number of amides is 1. The standard InChI is InChI=1S/C30H27IN2O3S/c1-3-19-9-12-24(13-10-19)32-30-33-29(34)27(37-30)17-21-15-25(31)28(26(16-21)35-2)36-18-20-8-11-22-6-4-5-7-23(22)14-20/h4-17,30,32H,3,18H2,1-2H3,(H,33,34)/b27-17-/t30-/m1/s1. The van der Waals surface area contributed by atoms with Gasteiger partial charge in [0.1, 0.15) is 6.61 Å². The second-order valence-corrected chi connectivity index (χ2v) is 11.0. The number of anilines is 1. The van der Waals surface area contributed by atoms with Crippen molar-refractivity contribution in [2.45, 2.75) is 25.4 Å². The SMILES string of the molecule is CCc1ccc(N[C@@H]2NC(=O)/C(=C/c3cc(I)c(OCc4ccc5ccccc5c4)c(OC)c3)S2)cc1. The van der Waals surface area contributed by atoms with Crippen LogP contribution in [0.1, 0.15) is 23.6 Å². The molecule has 2 N–H and O–H groups in total. The number of carbonyl (C=O) groups is 1. The number of methoxy groups -OCH3 is 1. The van der Waals surface area contributed by atoms with Crippen LogP contribution in [0, 0.1) is 3.57 Å². The molecular weight excluding hydrogens is 595 g/mol. The molecule has 0 aliphatic carbocycles. The normalized spacial score (nSPS) is 16.1. The van der Waals surface area contributed by atoms with Gasteiger partial charge in [-0.2, -0.15) is 0 Å². The average molecular weight is 623 g/mol. The lowest BCUT2D eigenvalue weighted by Crippen LogP contribution is -2.30. The molecule has 4 aromatic rings. The van der Waals surface area contributed by atoms with Crippen molar-refractivity contribution in [2.75, 3.05) is 12.4 Å². The molecule has 0 radical (unpaired) electrons. The van der Waals surface area contributed by atoms with E-state index in [2.05, 4.69) is 82.6 Å². The lowest BCUT2D eigenvalue weighted by Gasteiger charge is -2.14. The zero-order valence-corrected chi connectivity index (χ0v) is 23.6. The molecule has 0 spiro atoms. The smallest absolute Gasteiger partial charge is 0.260 e. The van der Waals surface area contributed by atoms with Gasteiger partial charge in [0.05, 0.1) is 15.6 Å². The number of halogens is 1. The number of hydrogen-bond acceptors (Lipinski definition) is 5. The first kappa shape index (κ1) is 25.5. The number of benzene rings is 4.